The zero-order valence-electron chi connectivity index (χ0n) is 10.9. The van der Waals surface area contributed by atoms with Crippen LogP contribution in [0, 0.1) is 22.7 Å². The van der Waals surface area contributed by atoms with E-state index in [-0.39, 0.29) is 12.7 Å². The lowest BCUT2D eigenvalue weighted by atomic mass is 10.3. The van der Waals surface area contributed by atoms with E-state index >= 15 is 0 Å². The van der Waals surface area contributed by atoms with Gasteiger partial charge in [-0.25, -0.2) is 9.59 Å². The number of carboxylic acids is 2. The molecule has 0 aromatic heterocycles. The molecule has 0 rings (SSSR count). The third kappa shape index (κ3) is 20.7. The zero-order valence-corrected chi connectivity index (χ0v) is 10.9. The van der Waals surface area contributed by atoms with E-state index in [1.807, 2.05) is 0 Å². The number of nitrogens with zero attached hydrogens (tertiary/aromatic N) is 2. The molecule has 0 heterocycles. The molecule has 0 aromatic rings. The fourth-order valence-corrected chi connectivity index (χ4v) is 0.282. The number of rotatable bonds is 4. The Balaban J connectivity index is -0.000000218. The number of aliphatic hydroxyl groups is 2. The molecule has 1 unspecified atom stereocenters. The van der Waals surface area contributed by atoms with Crippen molar-refractivity contribution in [2.75, 3.05) is 6.61 Å². The van der Waals surface area contributed by atoms with Crippen molar-refractivity contribution < 1.29 is 30.0 Å². The molecule has 0 aliphatic carbocycles. The largest absolute Gasteiger partial charge is 0.477 e. The molecule has 0 saturated carbocycles. The number of carboxylic acid groups (broad SMARTS) is 2. The van der Waals surface area contributed by atoms with Gasteiger partial charge in [-0.2, -0.15) is 10.5 Å². The Labute approximate surface area is 116 Å². The van der Waals surface area contributed by atoms with Gasteiger partial charge in [0.25, 0.3) is 0 Å². The molecule has 4 N–H and O–H groups in total. The van der Waals surface area contributed by atoms with Gasteiger partial charge in [0.15, 0.2) is 0 Å². The lowest BCUT2D eigenvalue weighted by molar-refractivity contribution is -0.133. The van der Waals surface area contributed by atoms with Crippen LogP contribution in [0.1, 0.15) is 13.3 Å². The maximum atomic E-state index is 9.61. The van der Waals surface area contributed by atoms with Crippen molar-refractivity contribution >= 4 is 11.9 Å². The topological polar surface area (TPSA) is 163 Å². The first-order valence-electron chi connectivity index (χ1n) is 5.07. The van der Waals surface area contributed by atoms with E-state index in [1.165, 1.54) is 12.1 Å². The van der Waals surface area contributed by atoms with Gasteiger partial charge >= 0.3 is 11.9 Å². The Morgan fingerprint density at radius 2 is 1.40 bits per heavy atom. The number of hydrogen-bond acceptors (Lipinski definition) is 6. The number of hydrogen-bond donors (Lipinski definition) is 4. The average molecular weight is 284 g/mol. The van der Waals surface area contributed by atoms with Gasteiger partial charge < -0.3 is 20.4 Å². The van der Waals surface area contributed by atoms with E-state index in [4.69, 9.17) is 30.9 Å². The van der Waals surface area contributed by atoms with Gasteiger partial charge in [-0.1, -0.05) is 13.2 Å². The Morgan fingerprint density at radius 1 is 1.10 bits per heavy atom. The lowest BCUT2D eigenvalue weighted by Gasteiger charge is -1.95. The van der Waals surface area contributed by atoms with Crippen molar-refractivity contribution in [3.8, 4) is 12.1 Å². The molecule has 8 nitrogen and oxygen atoms in total. The molecule has 0 amide bonds. The summed E-state index contributed by atoms with van der Waals surface area (Å²) in [4.78, 5) is 19.2. The number of aliphatic carboxylic acids is 2. The maximum absolute atomic E-state index is 9.61. The highest BCUT2D eigenvalue weighted by atomic mass is 16.4. The van der Waals surface area contributed by atoms with Crippen LogP contribution in [0.15, 0.2) is 24.3 Å². The molecule has 110 valence electrons. The normalized spacial score (nSPS) is 9.05. The van der Waals surface area contributed by atoms with Crippen molar-refractivity contribution in [2.45, 2.75) is 19.4 Å². The highest BCUT2D eigenvalue weighted by Gasteiger charge is 1.98. The maximum Gasteiger partial charge on any atom is 0.345 e. The minimum absolute atomic E-state index is 0.0810. The van der Waals surface area contributed by atoms with Crippen LogP contribution < -0.4 is 0 Å². The molecule has 0 fully saturated rings. The van der Waals surface area contributed by atoms with Crippen LogP contribution in [-0.4, -0.2) is 45.1 Å². The summed E-state index contributed by atoms with van der Waals surface area (Å²) in [5.74, 6) is -2.52. The molecule has 8 heteroatoms. The molecule has 0 radical (unpaired) electrons. The van der Waals surface area contributed by atoms with Crippen molar-refractivity contribution in [1.29, 1.82) is 10.5 Å². The fourth-order valence-electron chi connectivity index (χ4n) is 0.282. The summed E-state index contributed by atoms with van der Waals surface area (Å²) in [7, 11) is 0. The molecule has 0 aliphatic heterocycles. The summed E-state index contributed by atoms with van der Waals surface area (Å²) >= 11 is 0. The summed E-state index contributed by atoms with van der Waals surface area (Å²) in [6.07, 6.45) is 0.134. The van der Waals surface area contributed by atoms with Crippen LogP contribution in [0.5, 0.6) is 0 Å². The van der Waals surface area contributed by atoms with E-state index in [1.54, 1.807) is 6.92 Å². The first-order chi connectivity index (χ1) is 9.13. The highest BCUT2D eigenvalue weighted by Crippen LogP contribution is 1.83. The first kappa shape index (κ1) is 22.5. The van der Waals surface area contributed by atoms with Crippen LogP contribution in [0.25, 0.3) is 0 Å². The Bertz CT molecular complexity index is 392. The van der Waals surface area contributed by atoms with Gasteiger partial charge in [0, 0.05) is 6.61 Å². The standard InChI is InChI=1S/2C4H3NO2.C4H10O2/c2*1-3(2-5)4(6)7;1-4(6)2-3-5/h2*1H2,(H,6,7);4-6H,2-3H2,1H3. The van der Waals surface area contributed by atoms with Crippen molar-refractivity contribution in [2.24, 2.45) is 0 Å². The average Bonchev–Trinajstić information content (AvgIpc) is 2.37. The summed E-state index contributed by atoms with van der Waals surface area (Å²) < 4.78 is 0. The smallest absolute Gasteiger partial charge is 0.345 e. The second-order valence-corrected chi connectivity index (χ2v) is 3.15. The molecule has 0 aromatic carbocycles. The van der Waals surface area contributed by atoms with E-state index in [2.05, 4.69) is 13.2 Å². The van der Waals surface area contributed by atoms with Gasteiger partial charge in [-0.05, 0) is 13.3 Å². The number of nitriles is 2. The summed E-state index contributed by atoms with van der Waals surface area (Å²) in [6.45, 7) is 7.55. The molecular formula is C12H16N2O6. The fraction of sp³-hybridized carbons (Fsp3) is 0.333. The van der Waals surface area contributed by atoms with Crippen molar-refractivity contribution in [3.05, 3.63) is 24.3 Å². The Morgan fingerprint density at radius 3 is 1.40 bits per heavy atom. The predicted molar refractivity (Wildman–Crippen MR) is 68.2 cm³/mol. The third-order valence-electron chi connectivity index (χ3n) is 1.33. The van der Waals surface area contributed by atoms with E-state index in [0.29, 0.717) is 6.42 Å². The molecule has 0 spiro atoms. The number of carbonyl (C=O) groups is 2. The predicted octanol–water partition coefficient (Wildman–Crippen LogP) is 0.0512. The Hall–Kier alpha value is -2.68. The van der Waals surface area contributed by atoms with E-state index < -0.39 is 23.1 Å². The summed E-state index contributed by atoms with van der Waals surface area (Å²) in [5.41, 5.74) is -0.861. The van der Waals surface area contributed by atoms with Crippen LogP contribution in [0.2, 0.25) is 0 Å². The molecule has 20 heavy (non-hydrogen) atoms. The van der Waals surface area contributed by atoms with Gasteiger partial charge in [-0.15, -0.1) is 0 Å². The molecule has 0 aliphatic rings. The SMILES string of the molecule is C=C(C#N)C(=O)O.C=C(C#N)C(=O)O.CC(O)CCO. The number of aliphatic hydroxyl groups excluding tert-OH is 2. The van der Waals surface area contributed by atoms with Crippen LogP contribution >= 0.6 is 0 Å². The van der Waals surface area contributed by atoms with Gasteiger partial charge in [0.05, 0.1) is 6.10 Å². The summed E-state index contributed by atoms with van der Waals surface area (Å²) in [5, 5.41) is 47.7. The molecule has 0 bridgehead atoms. The quantitative estimate of drug-likeness (QED) is 0.415. The second kappa shape index (κ2) is 14.4. The summed E-state index contributed by atoms with van der Waals surface area (Å²) in [6, 6.07) is 2.74. The second-order valence-electron chi connectivity index (χ2n) is 3.15. The van der Waals surface area contributed by atoms with Crippen molar-refractivity contribution in [3.63, 3.8) is 0 Å². The first-order valence-corrected chi connectivity index (χ1v) is 5.07. The van der Waals surface area contributed by atoms with Gasteiger partial charge in [0.2, 0.25) is 0 Å². The molecule has 0 saturated heterocycles. The minimum atomic E-state index is -1.26. The molecular weight excluding hydrogens is 268 g/mol. The van der Waals surface area contributed by atoms with E-state index in [9.17, 15) is 9.59 Å². The van der Waals surface area contributed by atoms with Crippen LogP contribution in [-0.2, 0) is 9.59 Å². The van der Waals surface area contributed by atoms with Gasteiger partial charge in [-0.3, -0.25) is 0 Å². The highest BCUT2D eigenvalue weighted by molar-refractivity contribution is 5.90. The van der Waals surface area contributed by atoms with E-state index in [0.717, 1.165) is 0 Å². The third-order valence-corrected chi connectivity index (χ3v) is 1.33. The van der Waals surface area contributed by atoms with Gasteiger partial charge in [0.1, 0.15) is 23.3 Å². The zero-order chi connectivity index (χ0) is 16.7. The monoisotopic (exact) mass is 284 g/mol. The van der Waals surface area contributed by atoms with Crippen LogP contribution in [0.4, 0.5) is 0 Å². The Kier molecular flexibility index (Phi) is 16.2. The lowest BCUT2D eigenvalue weighted by Crippen LogP contribution is -2.00. The van der Waals surface area contributed by atoms with Crippen molar-refractivity contribution in [1.82, 2.24) is 0 Å². The van der Waals surface area contributed by atoms with Crippen LogP contribution in [0.3, 0.4) is 0 Å². The molecule has 1 atom stereocenters. The minimum Gasteiger partial charge on any atom is -0.477 e.